The predicted molar refractivity (Wildman–Crippen MR) is 99.2 cm³/mol. The minimum atomic E-state index is -4.51. The van der Waals surface area contributed by atoms with E-state index in [4.69, 9.17) is 14.0 Å². The Morgan fingerprint density at radius 1 is 1.19 bits per heavy atom. The lowest BCUT2D eigenvalue weighted by molar-refractivity contribution is -0.143. The second-order valence-corrected chi connectivity index (χ2v) is 8.43. The van der Waals surface area contributed by atoms with Crippen molar-refractivity contribution < 1.29 is 32.0 Å². The van der Waals surface area contributed by atoms with E-state index in [2.05, 4.69) is 15.9 Å². The Balaban J connectivity index is 2.45. The van der Waals surface area contributed by atoms with E-state index in [1.165, 1.54) is 0 Å². The van der Waals surface area contributed by atoms with Crippen LogP contribution >= 0.6 is 15.9 Å². The molecule has 1 fully saturated rings. The van der Waals surface area contributed by atoms with Crippen LogP contribution in [0.3, 0.4) is 0 Å². The van der Waals surface area contributed by atoms with Crippen LogP contribution in [-0.2, 0) is 25.0 Å². The van der Waals surface area contributed by atoms with E-state index in [1.54, 1.807) is 13.0 Å². The van der Waals surface area contributed by atoms with Gasteiger partial charge in [-0.15, -0.1) is 0 Å². The number of hydrogen-bond donors (Lipinski definition) is 0. The van der Waals surface area contributed by atoms with Crippen molar-refractivity contribution in [1.82, 2.24) is 0 Å². The van der Waals surface area contributed by atoms with Gasteiger partial charge < -0.3 is 14.0 Å². The Labute approximate surface area is 166 Å². The molecule has 1 saturated heterocycles. The van der Waals surface area contributed by atoms with Crippen molar-refractivity contribution in [3.05, 3.63) is 33.8 Å². The van der Waals surface area contributed by atoms with E-state index in [-0.39, 0.29) is 17.5 Å². The van der Waals surface area contributed by atoms with Gasteiger partial charge in [-0.1, -0.05) is 15.9 Å². The molecule has 1 aromatic carbocycles. The van der Waals surface area contributed by atoms with Crippen LogP contribution in [0.15, 0.2) is 22.7 Å². The summed E-state index contributed by atoms with van der Waals surface area (Å²) < 4.78 is 57.0. The van der Waals surface area contributed by atoms with Gasteiger partial charge in [0.1, 0.15) is 0 Å². The van der Waals surface area contributed by atoms with Crippen molar-refractivity contribution in [3.8, 4) is 0 Å². The molecule has 9 heteroatoms. The maximum absolute atomic E-state index is 13.2. The van der Waals surface area contributed by atoms with E-state index < -0.39 is 41.8 Å². The molecule has 1 aliphatic heterocycles. The molecule has 27 heavy (non-hydrogen) atoms. The third-order valence-corrected chi connectivity index (χ3v) is 5.43. The first-order chi connectivity index (χ1) is 12.3. The molecule has 1 heterocycles. The number of benzene rings is 1. The topological polar surface area (TPSA) is 44.8 Å². The lowest BCUT2D eigenvalue weighted by Gasteiger charge is -2.32. The number of halogens is 4. The number of carbonyl (C=O) groups is 1. The highest BCUT2D eigenvalue weighted by molar-refractivity contribution is 9.10. The van der Waals surface area contributed by atoms with E-state index in [0.717, 1.165) is 12.1 Å². The van der Waals surface area contributed by atoms with Crippen molar-refractivity contribution >= 4 is 29.0 Å². The lowest BCUT2D eigenvalue weighted by Crippen LogP contribution is -2.41. The normalized spacial score (nSPS) is 19.8. The molecule has 0 saturated carbocycles. The van der Waals surface area contributed by atoms with Crippen LogP contribution in [0.2, 0.25) is 0 Å². The zero-order valence-electron chi connectivity index (χ0n) is 15.9. The van der Waals surface area contributed by atoms with Gasteiger partial charge in [0.2, 0.25) is 0 Å². The van der Waals surface area contributed by atoms with Gasteiger partial charge in [0.05, 0.1) is 29.8 Å². The van der Waals surface area contributed by atoms with Crippen LogP contribution in [-0.4, -0.2) is 30.9 Å². The monoisotopic (exact) mass is 450 g/mol. The van der Waals surface area contributed by atoms with E-state index in [0.29, 0.717) is 5.56 Å². The summed E-state index contributed by atoms with van der Waals surface area (Å²) >= 11 is 3.13. The molecular formula is C18H23BBrF3O4. The van der Waals surface area contributed by atoms with Gasteiger partial charge in [0.25, 0.3) is 0 Å². The molecule has 0 aliphatic carbocycles. The Morgan fingerprint density at radius 3 is 2.22 bits per heavy atom. The SMILES string of the molecule is CCOC(=O)CC(B1OC(C)(C)C(C)(C)O1)c1cc(Br)cc(C(F)(F)F)c1. The average Bonchev–Trinajstić information content (AvgIpc) is 2.71. The van der Waals surface area contributed by atoms with E-state index >= 15 is 0 Å². The van der Waals surface area contributed by atoms with E-state index in [9.17, 15) is 18.0 Å². The van der Waals surface area contributed by atoms with Crippen LogP contribution in [0, 0.1) is 0 Å². The van der Waals surface area contributed by atoms with Gasteiger partial charge >= 0.3 is 19.3 Å². The van der Waals surface area contributed by atoms with Crippen LogP contribution in [0.1, 0.15) is 58.0 Å². The third-order valence-electron chi connectivity index (χ3n) is 4.97. The van der Waals surface area contributed by atoms with Crippen LogP contribution < -0.4 is 0 Å². The Bertz CT molecular complexity index is 690. The van der Waals surface area contributed by atoms with Gasteiger partial charge in [0, 0.05) is 10.3 Å². The quantitative estimate of drug-likeness (QED) is 0.460. The maximum atomic E-state index is 13.2. The number of hydrogen-bond acceptors (Lipinski definition) is 4. The molecule has 150 valence electrons. The minimum absolute atomic E-state index is 0.154. The highest BCUT2D eigenvalue weighted by Crippen LogP contribution is 2.43. The third kappa shape index (κ3) is 5.06. The summed E-state index contributed by atoms with van der Waals surface area (Å²) in [6.07, 6.45) is -4.67. The number of rotatable bonds is 5. The molecule has 4 nitrogen and oxygen atoms in total. The summed E-state index contributed by atoms with van der Waals surface area (Å²) in [5.41, 5.74) is -1.87. The highest BCUT2D eigenvalue weighted by atomic mass is 79.9. The zero-order valence-corrected chi connectivity index (χ0v) is 17.5. The minimum Gasteiger partial charge on any atom is -0.466 e. The number of carbonyl (C=O) groups excluding carboxylic acids is 1. The molecule has 0 aromatic heterocycles. The molecule has 1 atom stereocenters. The predicted octanol–water partition coefficient (Wildman–Crippen LogP) is 5.14. The first-order valence-electron chi connectivity index (χ1n) is 8.66. The van der Waals surface area contributed by atoms with E-state index in [1.807, 2.05) is 27.7 Å². The van der Waals surface area contributed by atoms with Gasteiger partial charge in [-0.05, 0) is 58.4 Å². The zero-order chi connectivity index (χ0) is 20.6. The fraction of sp³-hybridized carbons (Fsp3) is 0.611. The Hall–Kier alpha value is -1.06. The summed E-state index contributed by atoms with van der Waals surface area (Å²) in [6.45, 7) is 9.23. The van der Waals surface area contributed by atoms with Crippen LogP contribution in [0.25, 0.3) is 0 Å². The van der Waals surface area contributed by atoms with Crippen LogP contribution in [0.5, 0.6) is 0 Å². The number of alkyl halides is 3. The van der Waals surface area contributed by atoms with Crippen molar-refractivity contribution in [1.29, 1.82) is 0 Å². The smallest absolute Gasteiger partial charge is 0.466 e. The molecule has 0 spiro atoms. The van der Waals surface area contributed by atoms with Crippen molar-refractivity contribution in [3.63, 3.8) is 0 Å². The Morgan fingerprint density at radius 2 is 1.74 bits per heavy atom. The Kier molecular flexibility index (Phi) is 6.39. The fourth-order valence-corrected chi connectivity index (χ4v) is 3.32. The molecule has 0 N–H and O–H groups in total. The number of ether oxygens (including phenoxy) is 1. The fourth-order valence-electron chi connectivity index (χ4n) is 2.81. The first-order valence-corrected chi connectivity index (χ1v) is 9.45. The molecule has 0 amide bonds. The summed E-state index contributed by atoms with van der Waals surface area (Å²) in [4.78, 5) is 12.1. The van der Waals surface area contributed by atoms with Crippen molar-refractivity contribution in [2.75, 3.05) is 6.61 Å². The summed E-state index contributed by atoms with van der Waals surface area (Å²) in [5.74, 6) is -1.27. The average molecular weight is 451 g/mol. The van der Waals surface area contributed by atoms with Gasteiger partial charge in [-0.3, -0.25) is 4.79 Å². The molecule has 1 unspecified atom stereocenters. The number of esters is 1. The second-order valence-electron chi connectivity index (χ2n) is 7.51. The summed E-state index contributed by atoms with van der Waals surface area (Å²) in [5, 5.41) is 0. The molecule has 1 aliphatic rings. The molecule has 2 rings (SSSR count). The standard InChI is InChI=1S/C18H23BBrF3O4/c1-6-25-15(24)10-14(19-26-16(2,3)17(4,5)27-19)11-7-12(18(21,22)23)9-13(20)8-11/h7-9,14H,6,10H2,1-5H3. The lowest BCUT2D eigenvalue weighted by atomic mass is 9.66. The highest BCUT2D eigenvalue weighted by Gasteiger charge is 2.54. The first kappa shape index (κ1) is 22.2. The molecule has 0 radical (unpaired) electrons. The summed E-state index contributed by atoms with van der Waals surface area (Å²) in [7, 11) is -0.880. The van der Waals surface area contributed by atoms with Gasteiger partial charge in [0.15, 0.2) is 0 Å². The maximum Gasteiger partial charge on any atom is 0.466 e. The van der Waals surface area contributed by atoms with Gasteiger partial charge in [-0.2, -0.15) is 13.2 Å². The molecule has 0 bridgehead atoms. The van der Waals surface area contributed by atoms with Crippen LogP contribution in [0.4, 0.5) is 13.2 Å². The second kappa shape index (κ2) is 7.76. The molecular weight excluding hydrogens is 428 g/mol. The summed E-state index contributed by atoms with van der Waals surface area (Å²) in [6, 6.07) is 3.57. The van der Waals surface area contributed by atoms with Crippen molar-refractivity contribution in [2.24, 2.45) is 0 Å². The molecule has 1 aromatic rings. The largest absolute Gasteiger partial charge is 0.466 e. The van der Waals surface area contributed by atoms with Gasteiger partial charge in [-0.25, -0.2) is 0 Å². The van der Waals surface area contributed by atoms with Crippen molar-refractivity contribution in [2.45, 2.75) is 64.2 Å².